The summed E-state index contributed by atoms with van der Waals surface area (Å²) < 4.78 is 0. The maximum absolute atomic E-state index is 12.0. The van der Waals surface area contributed by atoms with Crippen molar-refractivity contribution in [3.8, 4) is 0 Å². The molecule has 1 atom stereocenters. The highest BCUT2D eigenvalue weighted by Crippen LogP contribution is 2.06. The third kappa shape index (κ3) is 6.58. The first-order valence-corrected chi connectivity index (χ1v) is 8.66. The van der Waals surface area contributed by atoms with Crippen LogP contribution in [0, 0.1) is 5.92 Å². The molecule has 3 N–H and O–H groups in total. The second-order valence-electron chi connectivity index (χ2n) is 5.88. The van der Waals surface area contributed by atoms with Gasteiger partial charge in [0.1, 0.15) is 0 Å². The van der Waals surface area contributed by atoms with Gasteiger partial charge in [0.2, 0.25) is 5.91 Å². The Morgan fingerprint density at radius 2 is 2.14 bits per heavy atom. The molecule has 0 spiro atoms. The number of nitrogens with zero attached hydrogens (tertiary/aromatic N) is 1. The van der Waals surface area contributed by atoms with Crippen molar-refractivity contribution in [3.63, 3.8) is 0 Å². The van der Waals surface area contributed by atoms with Crippen LogP contribution in [-0.2, 0) is 4.79 Å². The maximum Gasteiger partial charge on any atom is 0.252 e. The zero-order valence-electron chi connectivity index (χ0n) is 13.7. The lowest BCUT2D eigenvalue weighted by atomic mass is 10.0. The van der Waals surface area contributed by atoms with E-state index in [-0.39, 0.29) is 17.9 Å². The minimum atomic E-state index is -0.0787. The molecule has 0 fully saturated rings. The van der Waals surface area contributed by atoms with Crippen LogP contribution in [0.25, 0.3) is 0 Å². The number of rotatable bonds is 9. The second-order valence-corrected chi connectivity index (χ2v) is 6.66. The van der Waals surface area contributed by atoms with Gasteiger partial charge in [0.25, 0.3) is 5.91 Å². The van der Waals surface area contributed by atoms with Crippen molar-refractivity contribution in [2.45, 2.75) is 39.2 Å². The van der Waals surface area contributed by atoms with Gasteiger partial charge in [0, 0.05) is 43.5 Å². The van der Waals surface area contributed by atoms with Gasteiger partial charge in [-0.25, -0.2) is 0 Å². The number of amides is 2. The third-order valence-electron chi connectivity index (χ3n) is 3.72. The zero-order chi connectivity index (χ0) is 16.5. The summed E-state index contributed by atoms with van der Waals surface area (Å²) in [4.78, 5) is 25.4. The van der Waals surface area contributed by atoms with E-state index < -0.39 is 0 Å². The third-order valence-corrected chi connectivity index (χ3v) is 4.40. The molecule has 124 valence electrons. The van der Waals surface area contributed by atoms with Crippen molar-refractivity contribution < 1.29 is 9.59 Å². The molecule has 2 amide bonds. The Labute approximate surface area is 136 Å². The molecule has 5 nitrogen and oxygen atoms in total. The summed E-state index contributed by atoms with van der Waals surface area (Å²) in [5.41, 5.74) is 6.66. The Balaban J connectivity index is 2.16. The summed E-state index contributed by atoms with van der Waals surface area (Å²) in [6.07, 6.45) is 1.90. The number of hydrogen-bond acceptors (Lipinski definition) is 4. The molecule has 6 heteroatoms. The molecule has 0 radical (unpaired) electrons. The van der Waals surface area contributed by atoms with Gasteiger partial charge in [0.15, 0.2) is 0 Å². The van der Waals surface area contributed by atoms with Crippen LogP contribution < -0.4 is 11.1 Å². The Morgan fingerprint density at radius 3 is 2.73 bits per heavy atom. The quantitative estimate of drug-likeness (QED) is 0.683. The molecule has 1 heterocycles. The highest BCUT2D eigenvalue weighted by Gasteiger charge is 2.13. The average molecular weight is 325 g/mol. The monoisotopic (exact) mass is 325 g/mol. The van der Waals surface area contributed by atoms with E-state index in [0.717, 1.165) is 6.42 Å². The molecule has 0 saturated carbocycles. The topological polar surface area (TPSA) is 75.4 Å². The predicted octanol–water partition coefficient (Wildman–Crippen LogP) is 2.09. The maximum atomic E-state index is 12.0. The smallest absolute Gasteiger partial charge is 0.252 e. The molecule has 22 heavy (non-hydrogen) atoms. The van der Waals surface area contributed by atoms with Crippen molar-refractivity contribution in [1.82, 2.24) is 10.2 Å². The Kier molecular flexibility index (Phi) is 8.12. The van der Waals surface area contributed by atoms with Crippen molar-refractivity contribution in [2.75, 3.05) is 20.1 Å². The fourth-order valence-corrected chi connectivity index (χ4v) is 2.56. The van der Waals surface area contributed by atoms with Crippen LogP contribution in [0.2, 0.25) is 0 Å². The molecule has 0 aliphatic rings. The highest BCUT2D eigenvalue weighted by atomic mass is 32.1. The van der Waals surface area contributed by atoms with Gasteiger partial charge in [0.05, 0.1) is 0 Å². The Morgan fingerprint density at radius 1 is 1.41 bits per heavy atom. The molecular formula is C16H27N3O2S. The number of hydrogen-bond donors (Lipinski definition) is 2. The number of nitrogens with one attached hydrogen (secondary N) is 1. The van der Waals surface area contributed by atoms with Gasteiger partial charge in [-0.3, -0.25) is 9.59 Å². The molecule has 1 aromatic rings. The molecule has 0 saturated heterocycles. The van der Waals surface area contributed by atoms with Crippen LogP contribution in [0.15, 0.2) is 16.8 Å². The SMILES string of the molecule is CC(C)C(N)CCN(C)C(=O)CCCNC(=O)c1ccsc1. The van der Waals surface area contributed by atoms with Crippen molar-refractivity contribution >= 4 is 23.2 Å². The van der Waals surface area contributed by atoms with E-state index in [2.05, 4.69) is 19.2 Å². The van der Waals surface area contributed by atoms with E-state index >= 15 is 0 Å². The van der Waals surface area contributed by atoms with Gasteiger partial charge >= 0.3 is 0 Å². The van der Waals surface area contributed by atoms with Crippen molar-refractivity contribution in [3.05, 3.63) is 22.4 Å². The Hall–Kier alpha value is -1.40. The average Bonchev–Trinajstić information content (AvgIpc) is 3.02. The standard InChI is InChI=1S/C16H27N3O2S/c1-12(2)14(17)6-9-19(3)15(20)5-4-8-18-16(21)13-7-10-22-11-13/h7,10-12,14H,4-6,8-9,17H2,1-3H3,(H,18,21). The first-order chi connectivity index (χ1) is 10.4. The summed E-state index contributed by atoms with van der Waals surface area (Å²) in [7, 11) is 1.80. The number of thiophene rings is 1. The summed E-state index contributed by atoms with van der Waals surface area (Å²) >= 11 is 1.49. The number of nitrogens with two attached hydrogens (primary N) is 1. The minimum Gasteiger partial charge on any atom is -0.352 e. The van der Waals surface area contributed by atoms with E-state index in [1.807, 2.05) is 10.8 Å². The van der Waals surface area contributed by atoms with E-state index in [4.69, 9.17) is 5.73 Å². The lowest BCUT2D eigenvalue weighted by Crippen LogP contribution is -2.35. The largest absolute Gasteiger partial charge is 0.352 e. The minimum absolute atomic E-state index is 0.0787. The first kappa shape index (κ1) is 18.6. The predicted molar refractivity (Wildman–Crippen MR) is 91.0 cm³/mol. The summed E-state index contributed by atoms with van der Waals surface area (Å²) in [6, 6.07) is 1.91. The summed E-state index contributed by atoms with van der Waals surface area (Å²) in [5.74, 6) is 0.446. The van der Waals surface area contributed by atoms with Crippen molar-refractivity contribution in [2.24, 2.45) is 11.7 Å². The molecule has 1 aromatic heterocycles. The number of carbonyl (C=O) groups is 2. The molecular weight excluding hydrogens is 298 g/mol. The van der Waals surface area contributed by atoms with Crippen LogP contribution in [0.3, 0.4) is 0 Å². The van der Waals surface area contributed by atoms with Crippen LogP contribution in [0.5, 0.6) is 0 Å². The lowest BCUT2D eigenvalue weighted by molar-refractivity contribution is -0.130. The zero-order valence-corrected chi connectivity index (χ0v) is 14.5. The van der Waals surface area contributed by atoms with E-state index in [0.29, 0.717) is 37.4 Å². The van der Waals surface area contributed by atoms with Gasteiger partial charge in [-0.2, -0.15) is 11.3 Å². The lowest BCUT2D eigenvalue weighted by Gasteiger charge is -2.21. The molecule has 1 rings (SSSR count). The number of carbonyl (C=O) groups excluding carboxylic acids is 2. The molecule has 0 aliphatic carbocycles. The molecule has 0 aromatic carbocycles. The van der Waals surface area contributed by atoms with Crippen LogP contribution in [0.4, 0.5) is 0 Å². The Bertz CT molecular complexity index is 460. The van der Waals surface area contributed by atoms with E-state index in [9.17, 15) is 9.59 Å². The first-order valence-electron chi connectivity index (χ1n) is 7.71. The van der Waals surface area contributed by atoms with E-state index in [1.54, 1.807) is 18.0 Å². The van der Waals surface area contributed by atoms with Crippen LogP contribution in [0.1, 0.15) is 43.5 Å². The van der Waals surface area contributed by atoms with Crippen molar-refractivity contribution in [1.29, 1.82) is 0 Å². The normalized spacial score (nSPS) is 12.2. The van der Waals surface area contributed by atoms with Gasteiger partial charge in [-0.1, -0.05) is 13.8 Å². The fraction of sp³-hybridized carbons (Fsp3) is 0.625. The van der Waals surface area contributed by atoms with Gasteiger partial charge in [-0.15, -0.1) is 0 Å². The second kappa shape index (κ2) is 9.58. The van der Waals surface area contributed by atoms with E-state index in [1.165, 1.54) is 11.3 Å². The van der Waals surface area contributed by atoms with Crippen LogP contribution in [-0.4, -0.2) is 42.9 Å². The summed E-state index contributed by atoms with van der Waals surface area (Å²) in [5, 5.41) is 6.50. The van der Waals surface area contributed by atoms with Crippen LogP contribution >= 0.6 is 11.3 Å². The van der Waals surface area contributed by atoms with Gasteiger partial charge in [-0.05, 0) is 30.2 Å². The fourth-order valence-electron chi connectivity index (χ4n) is 1.93. The van der Waals surface area contributed by atoms with Gasteiger partial charge < -0.3 is 16.0 Å². The molecule has 0 bridgehead atoms. The summed E-state index contributed by atoms with van der Waals surface area (Å²) in [6.45, 7) is 5.37. The molecule has 0 aliphatic heterocycles. The highest BCUT2D eigenvalue weighted by molar-refractivity contribution is 7.08. The molecule has 1 unspecified atom stereocenters.